The smallest absolute Gasteiger partial charge is 0.140 e. The number of halogens is 1. The van der Waals surface area contributed by atoms with E-state index in [4.69, 9.17) is 16.3 Å². The summed E-state index contributed by atoms with van der Waals surface area (Å²) in [6.07, 6.45) is 1.59. The predicted octanol–water partition coefficient (Wildman–Crippen LogP) is 2.38. The molecule has 2 aromatic heterocycles. The molecule has 0 saturated heterocycles. The van der Waals surface area contributed by atoms with Crippen LogP contribution in [0.3, 0.4) is 0 Å². The van der Waals surface area contributed by atoms with Gasteiger partial charge in [-0.2, -0.15) is 0 Å². The normalized spacial score (nSPS) is 12.9. The minimum Gasteiger partial charge on any atom is -0.383 e. The summed E-state index contributed by atoms with van der Waals surface area (Å²) >= 11 is 7.76. The number of alkyl halides is 1. The van der Waals surface area contributed by atoms with Crippen LogP contribution in [0.2, 0.25) is 0 Å². The van der Waals surface area contributed by atoms with Crippen LogP contribution in [-0.2, 0) is 4.74 Å². The number of aromatic nitrogens is 2. The third-order valence-corrected chi connectivity index (χ3v) is 3.51. The first-order valence-electron chi connectivity index (χ1n) is 5.24. The van der Waals surface area contributed by atoms with Crippen LogP contribution in [-0.4, -0.2) is 42.7 Å². The summed E-state index contributed by atoms with van der Waals surface area (Å²) in [6, 6.07) is 2.03. The zero-order chi connectivity index (χ0) is 12.3. The van der Waals surface area contributed by atoms with Gasteiger partial charge in [-0.3, -0.25) is 0 Å². The van der Waals surface area contributed by atoms with Crippen LogP contribution in [0.4, 0.5) is 5.82 Å². The van der Waals surface area contributed by atoms with E-state index >= 15 is 0 Å². The summed E-state index contributed by atoms with van der Waals surface area (Å²) in [5.41, 5.74) is 0. The lowest BCUT2D eigenvalue weighted by molar-refractivity contribution is 0.199. The number of hydrogen-bond acceptors (Lipinski definition) is 5. The maximum atomic E-state index is 6.14. The van der Waals surface area contributed by atoms with Crippen LogP contribution in [0.5, 0.6) is 0 Å². The SMILES string of the molecule is COCC(Cl)CN(C)c1ncnc2sccc12. The quantitative estimate of drug-likeness (QED) is 0.783. The molecule has 0 radical (unpaired) electrons. The van der Waals surface area contributed by atoms with E-state index < -0.39 is 0 Å². The Balaban J connectivity index is 2.18. The Bertz CT molecular complexity index is 490. The fraction of sp³-hybridized carbons (Fsp3) is 0.455. The van der Waals surface area contributed by atoms with Crippen molar-refractivity contribution in [3.63, 3.8) is 0 Å². The number of fused-ring (bicyclic) bond motifs is 1. The zero-order valence-electron chi connectivity index (χ0n) is 9.76. The second-order valence-corrected chi connectivity index (χ2v) is 5.28. The second kappa shape index (κ2) is 5.62. The molecular formula is C11H14ClN3OS. The molecule has 0 N–H and O–H groups in total. The number of nitrogens with zero attached hydrogens (tertiary/aromatic N) is 3. The van der Waals surface area contributed by atoms with Gasteiger partial charge in [-0.05, 0) is 11.4 Å². The summed E-state index contributed by atoms with van der Waals surface area (Å²) < 4.78 is 5.02. The summed E-state index contributed by atoms with van der Waals surface area (Å²) in [5, 5.41) is 3.04. The molecule has 0 amide bonds. The highest BCUT2D eigenvalue weighted by Crippen LogP contribution is 2.26. The minimum absolute atomic E-state index is 0.0475. The Labute approximate surface area is 109 Å². The van der Waals surface area contributed by atoms with Gasteiger partial charge in [-0.15, -0.1) is 22.9 Å². The molecule has 2 rings (SSSR count). The van der Waals surface area contributed by atoms with E-state index in [1.807, 2.05) is 23.4 Å². The van der Waals surface area contributed by atoms with Crippen molar-refractivity contribution in [2.24, 2.45) is 0 Å². The highest BCUT2D eigenvalue weighted by Gasteiger charge is 2.13. The van der Waals surface area contributed by atoms with Gasteiger partial charge < -0.3 is 9.64 Å². The van der Waals surface area contributed by atoms with E-state index in [-0.39, 0.29) is 5.38 Å². The lowest BCUT2D eigenvalue weighted by Gasteiger charge is -2.21. The van der Waals surface area contributed by atoms with E-state index in [1.165, 1.54) is 0 Å². The third-order valence-electron chi connectivity index (χ3n) is 2.42. The lowest BCUT2D eigenvalue weighted by Crippen LogP contribution is -2.29. The first-order chi connectivity index (χ1) is 8.22. The number of hydrogen-bond donors (Lipinski definition) is 0. The van der Waals surface area contributed by atoms with Gasteiger partial charge in [0, 0.05) is 20.7 Å². The molecule has 0 bridgehead atoms. The van der Waals surface area contributed by atoms with Gasteiger partial charge >= 0.3 is 0 Å². The van der Waals surface area contributed by atoms with E-state index in [1.54, 1.807) is 24.8 Å². The van der Waals surface area contributed by atoms with Crippen molar-refractivity contribution in [3.8, 4) is 0 Å². The lowest BCUT2D eigenvalue weighted by atomic mass is 10.3. The van der Waals surface area contributed by atoms with Gasteiger partial charge in [0.2, 0.25) is 0 Å². The van der Waals surface area contributed by atoms with Crippen molar-refractivity contribution in [2.45, 2.75) is 5.38 Å². The van der Waals surface area contributed by atoms with E-state index in [0.717, 1.165) is 16.0 Å². The van der Waals surface area contributed by atoms with E-state index in [2.05, 4.69) is 9.97 Å². The van der Waals surface area contributed by atoms with Crippen LogP contribution in [0.1, 0.15) is 0 Å². The van der Waals surface area contributed by atoms with Gasteiger partial charge in [0.05, 0.1) is 17.4 Å². The molecule has 0 aliphatic rings. The molecule has 6 heteroatoms. The van der Waals surface area contributed by atoms with Crippen molar-refractivity contribution in [1.82, 2.24) is 9.97 Å². The van der Waals surface area contributed by atoms with Crippen LogP contribution < -0.4 is 4.90 Å². The Hall–Kier alpha value is -0.910. The summed E-state index contributed by atoms with van der Waals surface area (Å²) in [4.78, 5) is 11.6. The second-order valence-electron chi connectivity index (χ2n) is 3.77. The molecule has 0 spiro atoms. The van der Waals surface area contributed by atoms with Crippen molar-refractivity contribution in [2.75, 3.05) is 32.2 Å². The van der Waals surface area contributed by atoms with Gasteiger partial charge in [0.15, 0.2) is 0 Å². The topological polar surface area (TPSA) is 38.2 Å². The summed E-state index contributed by atoms with van der Waals surface area (Å²) in [5.74, 6) is 0.915. The molecule has 92 valence electrons. The maximum absolute atomic E-state index is 6.14. The number of anilines is 1. The third kappa shape index (κ3) is 2.86. The van der Waals surface area contributed by atoms with Gasteiger partial charge in [-0.1, -0.05) is 0 Å². The Kier molecular flexibility index (Phi) is 4.15. The monoisotopic (exact) mass is 271 g/mol. The van der Waals surface area contributed by atoms with Crippen LogP contribution in [0.25, 0.3) is 10.2 Å². The van der Waals surface area contributed by atoms with Gasteiger partial charge in [0.25, 0.3) is 0 Å². The summed E-state index contributed by atoms with van der Waals surface area (Å²) in [6.45, 7) is 1.22. The fourth-order valence-corrected chi connectivity index (χ4v) is 2.76. The van der Waals surface area contributed by atoms with E-state index in [9.17, 15) is 0 Å². The Morgan fingerprint density at radius 2 is 2.35 bits per heavy atom. The predicted molar refractivity (Wildman–Crippen MR) is 72.2 cm³/mol. The average Bonchev–Trinajstić information content (AvgIpc) is 2.76. The number of methoxy groups -OCH3 is 1. The molecule has 17 heavy (non-hydrogen) atoms. The molecule has 2 heterocycles. The Morgan fingerprint density at radius 3 is 3.12 bits per heavy atom. The highest BCUT2D eigenvalue weighted by molar-refractivity contribution is 7.16. The van der Waals surface area contributed by atoms with Crippen LogP contribution in [0.15, 0.2) is 17.8 Å². The standard InChI is InChI=1S/C11H14ClN3OS/c1-15(5-8(12)6-16-2)10-9-3-4-17-11(9)14-7-13-10/h3-4,7-8H,5-6H2,1-2H3. The van der Waals surface area contributed by atoms with Crippen molar-refractivity contribution in [1.29, 1.82) is 0 Å². The van der Waals surface area contributed by atoms with Crippen LogP contribution in [0, 0.1) is 0 Å². The largest absolute Gasteiger partial charge is 0.383 e. The van der Waals surface area contributed by atoms with Gasteiger partial charge in [-0.25, -0.2) is 9.97 Å². The molecule has 2 aromatic rings. The first-order valence-corrected chi connectivity index (χ1v) is 6.56. The number of rotatable bonds is 5. The molecule has 0 aliphatic carbocycles. The fourth-order valence-electron chi connectivity index (χ4n) is 1.70. The first kappa shape index (κ1) is 12.5. The molecule has 0 aromatic carbocycles. The molecule has 1 unspecified atom stereocenters. The maximum Gasteiger partial charge on any atom is 0.140 e. The highest BCUT2D eigenvalue weighted by atomic mass is 35.5. The minimum atomic E-state index is -0.0475. The summed E-state index contributed by atoms with van der Waals surface area (Å²) in [7, 11) is 3.63. The number of ether oxygens (including phenoxy) is 1. The van der Waals surface area contributed by atoms with Crippen LogP contribution >= 0.6 is 22.9 Å². The average molecular weight is 272 g/mol. The number of thiophene rings is 1. The molecule has 0 fully saturated rings. The molecule has 0 saturated carbocycles. The van der Waals surface area contributed by atoms with Crippen molar-refractivity contribution in [3.05, 3.63) is 17.8 Å². The molecule has 0 aliphatic heterocycles. The van der Waals surface area contributed by atoms with E-state index in [0.29, 0.717) is 13.2 Å². The van der Waals surface area contributed by atoms with Crippen molar-refractivity contribution >= 4 is 39.0 Å². The Morgan fingerprint density at radius 1 is 1.53 bits per heavy atom. The van der Waals surface area contributed by atoms with Gasteiger partial charge in [0.1, 0.15) is 17.0 Å². The molecule has 1 atom stereocenters. The van der Waals surface area contributed by atoms with Crippen molar-refractivity contribution < 1.29 is 4.74 Å². The zero-order valence-corrected chi connectivity index (χ0v) is 11.3. The molecular weight excluding hydrogens is 258 g/mol. The molecule has 4 nitrogen and oxygen atoms in total.